The highest BCUT2D eigenvalue weighted by atomic mass is 32.2. The molecule has 130 valence electrons. The number of rotatable bonds is 4. The predicted octanol–water partition coefficient (Wildman–Crippen LogP) is 0.816. The van der Waals surface area contributed by atoms with Crippen LogP contribution in [0, 0.1) is 0 Å². The van der Waals surface area contributed by atoms with Crippen molar-refractivity contribution >= 4 is 26.8 Å². The van der Waals surface area contributed by atoms with Crippen LogP contribution in [0.2, 0.25) is 0 Å². The molecule has 2 heterocycles. The quantitative estimate of drug-likeness (QED) is 0.630. The number of hydrogen-bond donors (Lipinski definition) is 2. The van der Waals surface area contributed by atoms with E-state index < -0.39 is 9.84 Å². The van der Waals surface area contributed by atoms with E-state index in [4.69, 9.17) is 0 Å². The summed E-state index contributed by atoms with van der Waals surface area (Å²) in [6, 6.07) is 7.89. The minimum absolute atomic E-state index is 0.0757. The number of nitrogens with zero attached hydrogens (tertiary/aromatic N) is 3. The molecule has 0 saturated carbocycles. The number of benzene rings is 1. The van der Waals surface area contributed by atoms with Crippen LogP contribution in [0.3, 0.4) is 0 Å². The van der Waals surface area contributed by atoms with Gasteiger partial charge in [-0.1, -0.05) is 12.1 Å². The Kier molecular flexibility index (Phi) is 4.75. The van der Waals surface area contributed by atoms with Crippen molar-refractivity contribution in [2.24, 2.45) is 12.0 Å². The van der Waals surface area contributed by atoms with Crippen LogP contribution in [-0.4, -0.2) is 48.0 Å². The molecule has 1 unspecified atom stereocenters. The van der Waals surface area contributed by atoms with Crippen LogP contribution in [0.15, 0.2) is 29.3 Å². The van der Waals surface area contributed by atoms with Crippen LogP contribution in [-0.2, 0) is 23.4 Å². The third kappa shape index (κ3) is 3.69. The largest absolute Gasteiger partial charge is 0.357 e. The molecule has 1 aliphatic heterocycles. The maximum absolute atomic E-state index is 11.6. The van der Waals surface area contributed by atoms with E-state index in [1.807, 2.05) is 42.8 Å². The van der Waals surface area contributed by atoms with Crippen molar-refractivity contribution in [3.63, 3.8) is 0 Å². The van der Waals surface area contributed by atoms with E-state index in [0.717, 1.165) is 16.9 Å². The molecule has 1 aliphatic rings. The SMILES string of the molecule is CCNC(=NCc1nc2ccccc2n1C)NC1CCS(=O)(=O)C1. The topological polar surface area (TPSA) is 88.4 Å². The third-order valence-electron chi connectivity index (χ3n) is 4.18. The number of para-hydroxylation sites is 2. The molecule has 1 aromatic carbocycles. The minimum atomic E-state index is -2.91. The number of nitrogens with one attached hydrogen (secondary N) is 2. The zero-order valence-corrected chi connectivity index (χ0v) is 14.8. The lowest BCUT2D eigenvalue weighted by Crippen LogP contribution is -2.44. The van der Waals surface area contributed by atoms with Crippen LogP contribution in [0.4, 0.5) is 0 Å². The number of sulfone groups is 1. The molecule has 0 radical (unpaired) electrons. The van der Waals surface area contributed by atoms with Crippen LogP contribution < -0.4 is 10.6 Å². The van der Waals surface area contributed by atoms with Crippen LogP contribution in [0.25, 0.3) is 11.0 Å². The monoisotopic (exact) mass is 349 g/mol. The van der Waals surface area contributed by atoms with E-state index in [1.54, 1.807) is 0 Å². The lowest BCUT2D eigenvalue weighted by Gasteiger charge is -2.15. The van der Waals surface area contributed by atoms with E-state index in [1.165, 1.54) is 0 Å². The molecular weight excluding hydrogens is 326 g/mol. The molecule has 1 saturated heterocycles. The van der Waals surface area contributed by atoms with Gasteiger partial charge in [0.1, 0.15) is 12.4 Å². The Morgan fingerprint density at radius 1 is 1.42 bits per heavy atom. The second kappa shape index (κ2) is 6.80. The number of fused-ring (bicyclic) bond motifs is 1. The van der Waals surface area contributed by atoms with Gasteiger partial charge in [0.15, 0.2) is 15.8 Å². The summed E-state index contributed by atoms with van der Waals surface area (Å²) >= 11 is 0. The Morgan fingerprint density at radius 3 is 2.88 bits per heavy atom. The Labute approximate surface area is 142 Å². The summed E-state index contributed by atoms with van der Waals surface area (Å²) in [5.74, 6) is 1.91. The highest BCUT2D eigenvalue weighted by molar-refractivity contribution is 7.91. The number of guanidine groups is 1. The van der Waals surface area contributed by atoms with Crippen molar-refractivity contribution in [3.8, 4) is 0 Å². The van der Waals surface area contributed by atoms with Crippen molar-refractivity contribution in [3.05, 3.63) is 30.1 Å². The van der Waals surface area contributed by atoms with Gasteiger partial charge in [-0.25, -0.2) is 18.4 Å². The molecule has 24 heavy (non-hydrogen) atoms. The molecule has 0 aliphatic carbocycles. The zero-order chi connectivity index (χ0) is 17.2. The predicted molar refractivity (Wildman–Crippen MR) is 95.7 cm³/mol. The average molecular weight is 349 g/mol. The first-order chi connectivity index (χ1) is 11.5. The summed E-state index contributed by atoms with van der Waals surface area (Å²) in [5.41, 5.74) is 2.02. The van der Waals surface area contributed by atoms with E-state index >= 15 is 0 Å². The van der Waals surface area contributed by atoms with Gasteiger partial charge in [0.05, 0.1) is 22.5 Å². The fourth-order valence-electron chi connectivity index (χ4n) is 2.91. The van der Waals surface area contributed by atoms with Gasteiger partial charge in [0.2, 0.25) is 0 Å². The highest BCUT2D eigenvalue weighted by Crippen LogP contribution is 2.15. The van der Waals surface area contributed by atoms with E-state index in [9.17, 15) is 8.42 Å². The Balaban J connectivity index is 1.74. The molecule has 1 atom stereocenters. The van der Waals surface area contributed by atoms with Gasteiger partial charge in [-0.15, -0.1) is 0 Å². The van der Waals surface area contributed by atoms with Crippen molar-refractivity contribution in [1.82, 2.24) is 20.2 Å². The summed E-state index contributed by atoms with van der Waals surface area (Å²) in [6.45, 7) is 3.13. The van der Waals surface area contributed by atoms with Gasteiger partial charge < -0.3 is 15.2 Å². The number of aromatic nitrogens is 2. The molecule has 2 N–H and O–H groups in total. The molecule has 3 rings (SSSR count). The second-order valence-corrected chi connectivity index (χ2v) is 8.24. The van der Waals surface area contributed by atoms with Crippen molar-refractivity contribution < 1.29 is 8.42 Å². The smallest absolute Gasteiger partial charge is 0.191 e. The highest BCUT2D eigenvalue weighted by Gasteiger charge is 2.28. The third-order valence-corrected chi connectivity index (χ3v) is 5.94. The number of aryl methyl sites for hydroxylation is 1. The van der Waals surface area contributed by atoms with E-state index in [0.29, 0.717) is 25.5 Å². The van der Waals surface area contributed by atoms with Gasteiger partial charge in [-0.2, -0.15) is 0 Å². The summed E-state index contributed by atoms with van der Waals surface area (Å²) in [7, 11) is -0.933. The summed E-state index contributed by atoms with van der Waals surface area (Å²) in [6.07, 6.45) is 0.624. The molecule has 0 bridgehead atoms. The summed E-state index contributed by atoms with van der Waals surface area (Å²) in [5, 5.41) is 6.39. The fourth-order valence-corrected chi connectivity index (χ4v) is 4.58. The lowest BCUT2D eigenvalue weighted by molar-refractivity contribution is 0.599. The normalized spacial score (nSPS) is 20.4. The first-order valence-corrected chi connectivity index (χ1v) is 9.96. The van der Waals surface area contributed by atoms with E-state index in [2.05, 4.69) is 20.6 Å². The first-order valence-electron chi connectivity index (χ1n) is 8.14. The molecule has 1 fully saturated rings. The number of aliphatic imine (C=N–C) groups is 1. The maximum Gasteiger partial charge on any atom is 0.191 e. The van der Waals surface area contributed by atoms with Gasteiger partial charge in [0.25, 0.3) is 0 Å². The average Bonchev–Trinajstić information content (AvgIpc) is 3.05. The zero-order valence-electron chi connectivity index (χ0n) is 14.0. The first kappa shape index (κ1) is 16.8. The maximum atomic E-state index is 11.6. The number of imidazole rings is 1. The molecule has 7 nitrogen and oxygen atoms in total. The van der Waals surface area contributed by atoms with Gasteiger partial charge in [-0.05, 0) is 25.5 Å². The van der Waals surface area contributed by atoms with Crippen LogP contribution in [0.1, 0.15) is 19.2 Å². The standard InChI is InChI=1S/C16H23N5O2S/c1-3-17-16(19-12-8-9-24(22,23)11-12)18-10-15-20-13-6-4-5-7-14(13)21(15)2/h4-7,12H,3,8-11H2,1-2H3,(H2,17,18,19). The lowest BCUT2D eigenvalue weighted by atomic mass is 10.3. The molecule has 1 aromatic heterocycles. The minimum Gasteiger partial charge on any atom is -0.357 e. The van der Waals surface area contributed by atoms with Crippen LogP contribution >= 0.6 is 0 Å². The number of hydrogen-bond acceptors (Lipinski definition) is 4. The second-order valence-electron chi connectivity index (χ2n) is 6.02. The molecule has 8 heteroatoms. The van der Waals surface area contributed by atoms with Crippen molar-refractivity contribution in [2.45, 2.75) is 25.9 Å². The Morgan fingerprint density at radius 2 is 2.21 bits per heavy atom. The summed E-state index contributed by atoms with van der Waals surface area (Å²) < 4.78 is 25.2. The van der Waals surface area contributed by atoms with Gasteiger partial charge in [-0.3, -0.25) is 0 Å². The fraction of sp³-hybridized carbons (Fsp3) is 0.500. The van der Waals surface area contributed by atoms with Gasteiger partial charge in [0, 0.05) is 19.6 Å². The molecule has 0 amide bonds. The van der Waals surface area contributed by atoms with Crippen molar-refractivity contribution in [1.29, 1.82) is 0 Å². The Hall–Kier alpha value is -2.09. The molecular formula is C16H23N5O2S. The van der Waals surface area contributed by atoms with E-state index in [-0.39, 0.29) is 17.5 Å². The van der Waals surface area contributed by atoms with Gasteiger partial charge >= 0.3 is 0 Å². The molecule has 0 spiro atoms. The van der Waals surface area contributed by atoms with Crippen LogP contribution in [0.5, 0.6) is 0 Å². The molecule has 2 aromatic rings. The van der Waals surface area contributed by atoms with Crippen molar-refractivity contribution in [2.75, 3.05) is 18.1 Å². The Bertz CT molecular complexity index is 856. The summed E-state index contributed by atoms with van der Waals surface area (Å²) in [4.78, 5) is 9.17.